The van der Waals surface area contributed by atoms with Gasteiger partial charge in [0.15, 0.2) is 0 Å². The normalized spacial score (nSPS) is 10.4. The molecule has 5 nitrogen and oxygen atoms in total. The number of halogens is 1. The minimum atomic E-state index is -0.112. The second kappa shape index (κ2) is 5.46. The molecule has 3 N–H and O–H groups in total. The molecule has 1 aromatic heterocycles. The molecule has 1 aromatic carbocycles. The van der Waals surface area contributed by atoms with Crippen molar-refractivity contribution < 1.29 is 4.74 Å². The predicted molar refractivity (Wildman–Crippen MR) is 78.8 cm³/mol. The number of amidine groups is 1. The second-order valence-electron chi connectivity index (χ2n) is 4.54. The summed E-state index contributed by atoms with van der Waals surface area (Å²) in [6.07, 6.45) is 0. The molecule has 0 aliphatic carbocycles. The van der Waals surface area contributed by atoms with Crippen molar-refractivity contribution in [2.75, 3.05) is 0 Å². The lowest BCUT2D eigenvalue weighted by molar-refractivity contribution is 0.452. The van der Waals surface area contributed by atoms with Gasteiger partial charge in [0, 0.05) is 0 Å². The van der Waals surface area contributed by atoms with Gasteiger partial charge in [-0.1, -0.05) is 17.7 Å². The number of rotatable bonds is 3. The number of nitrogens with two attached hydrogens (primary N) is 1. The minimum Gasteiger partial charge on any atom is -0.435 e. The van der Waals surface area contributed by atoms with Crippen molar-refractivity contribution in [2.45, 2.75) is 20.8 Å². The van der Waals surface area contributed by atoms with E-state index in [4.69, 9.17) is 27.5 Å². The molecule has 1 heterocycles. The molecule has 0 aliphatic rings. The number of hydrogen-bond donors (Lipinski definition) is 2. The second-order valence-corrected chi connectivity index (χ2v) is 4.95. The van der Waals surface area contributed by atoms with Crippen LogP contribution in [-0.2, 0) is 0 Å². The van der Waals surface area contributed by atoms with E-state index in [9.17, 15) is 0 Å². The summed E-state index contributed by atoms with van der Waals surface area (Å²) in [4.78, 5) is 0. The van der Waals surface area contributed by atoms with E-state index in [1.807, 2.05) is 19.9 Å². The molecule has 0 saturated carbocycles. The maximum absolute atomic E-state index is 7.67. The van der Waals surface area contributed by atoms with E-state index >= 15 is 0 Å². The minimum absolute atomic E-state index is 0.112. The van der Waals surface area contributed by atoms with Crippen molar-refractivity contribution in [2.24, 2.45) is 5.73 Å². The zero-order valence-corrected chi connectivity index (χ0v) is 12.2. The van der Waals surface area contributed by atoms with E-state index < -0.39 is 0 Å². The van der Waals surface area contributed by atoms with Crippen LogP contribution in [0, 0.1) is 26.2 Å². The molecule has 0 radical (unpaired) electrons. The van der Waals surface area contributed by atoms with Crippen molar-refractivity contribution in [3.63, 3.8) is 0 Å². The Morgan fingerprint density at radius 2 is 1.95 bits per heavy atom. The highest BCUT2D eigenvalue weighted by atomic mass is 35.5. The topological polar surface area (TPSA) is 84.9 Å². The Morgan fingerprint density at radius 1 is 1.25 bits per heavy atom. The smallest absolute Gasteiger partial charge is 0.250 e. The van der Waals surface area contributed by atoms with E-state index in [2.05, 4.69) is 10.2 Å². The SMILES string of the molecule is Cc1ccc(Cl)c(Oc2nnc(C)c(C)c2C(=N)N)c1. The summed E-state index contributed by atoms with van der Waals surface area (Å²) in [5, 5.41) is 16.1. The molecule has 2 aromatic rings. The summed E-state index contributed by atoms with van der Waals surface area (Å²) in [5.74, 6) is 0.541. The standard InChI is InChI=1S/C14H15ClN4O/c1-7-4-5-10(15)11(6-7)20-14-12(13(16)17)8(2)9(3)18-19-14/h4-6H,1-3H3,(H3,16,17). The number of nitrogens with zero attached hydrogens (tertiary/aromatic N) is 2. The molecular formula is C14H15ClN4O. The van der Waals surface area contributed by atoms with Gasteiger partial charge in [0.1, 0.15) is 11.6 Å². The van der Waals surface area contributed by atoms with Crippen LogP contribution in [0.1, 0.15) is 22.4 Å². The molecule has 0 amide bonds. The first-order valence-electron chi connectivity index (χ1n) is 6.02. The first-order valence-corrected chi connectivity index (χ1v) is 6.40. The molecule has 0 saturated heterocycles. The third kappa shape index (κ3) is 2.72. The van der Waals surface area contributed by atoms with Crippen LogP contribution in [0.15, 0.2) is 18.2 Å². The average Bonchev–Trinajstić information content (AvgIpc) is 2.38. The summed E-state index contributed by atoms with van der Waals surface area (Å²) in [7, 11) is 0. The molecule has 0 spiro atoms. The lowest BCUT2D eigenvalue weighted by Crippen LogP contribution is -2.16. The summed E-state index contributed by atoms with van der Waals surface area (Å²) in [6.45, 7) is 5.56. The number of ether oxygens (including phenoxy) is 1. The molecule has 0 atom stereocenters. The molecule has 0 aliphatic heterocycles. The van der Waals surface area contributed by atoms with E-state index in [0.29, 0.717) is 22.0 Å². The lowest BCUT2D eigenvalue weighted by Gasteiger charge is -2.13. The summed E-state index contributed by atoms with van der Waals surface area (Å²) < 4.78 is 5.69. The number of aryl methyl sites for hydroxylation is 2. The molecule has 0 bridgehead atoms. The Kier molecular flexibility index (Phi) is 3.90. The Hall–Kier alpha value is -2.14. The van der Waals surface area contributed by atoms with Gasteiger partial charge in [0.05, 0.1) is 16.3 Å². The van der Waals surface area contributed by atoms with Gasteiger partial charge in [-0.3, -0.25) is 5.41 Å². The maximum atomic E-state index is 7.67. The number of aromatic nitrogens is 2. The quantitative estimate of drug-likeness (QED) is 0.672. The molecule has 6 heteroatoms. The third-order valence-electron chi connectivity index (χ3n) is 2.99. The maximum Gasteiger partial charge on any atom is 0.250 e. The van der Waals surface area contributed by atoms with Gasteiger partial charge in [-0.15, -0.1) is 5.10 Å². The fourth-order valence-corrected chi connectivity index (χ4v) is 1.92. The van der Waals surface area contributed by atoms with Crippen LogP contribution in [0.4, 0.5) is 0 Å². The highest BCUT2D eigenvalue weighted by Crippen LogP contribution is 2.31. The first kappa shape index (κ1) is 14.3. The van der Waals surface area contributed by atoms with Crippen molar-refractivity contribution in [3.05, 3.63) is 45.6 Å². The van der Waals surface area contributed by atoms with Crippen molar-refractivity contribution in [1.82, 2.24) is 10.2 Å². The summed E-state index contributed by atoms with van der Waals surface area (Å²) in [5.41, 5.74) is 8.53. The third-order valence-corrected chi connectivity index (χ3v) is 3.30. The number of hydrogen-bond acceptors (Lipinski definition) is 4. The summed E-state index contributed by atoms with van der Waals surface area (Å²) >= 11 is 6.09. The predicted octanol–water partition coefficient (Wildman–Crippen LogP) is 3.13. The molecule has 20 heavy (non-hydrogen) atoms. The largest absolute Gasteiger partial charge is 0.435 e. The van der Waals surface area contributed by atoms with Crippen molar-refractivity contribution >= 4 is 17.4 Å². The van der Waals surface area contributed by atoms with E-state index in [0.717, 1.165) is 11.1 Å². The molecule has 0 unspecified atom stereocenters. The number of benzene rings is 1. The van der Waals surface area contributed by atoms with E-state index in [1.165, 1.54) is 0 Å². The lowest BCUT2D eigenvalue weighted by atomic mass is 10.1. The Morgan fingerprint density at radius 3 is 2.60 bits per heavy atom. The van der Waals surface area contributed by atoms with Gasteiger partial charge >= 0.3 is 0 Å². The van der Waals surface area contributed by atoms with E-state index in [1.54, 1.807) is 19.1 Å². The first-order chi connectivity index (χ1) is 9.40. The van der Waals surface area contributed by atoms with E-state index in [-0.39, 0.29) is 11.7 Å². The number of nitrogens with one attached hydrogen (secondary N) is 1. The van der Waals surface area contributed by atoms with Crippen LogP contribution in [0.2, 0.25) is 5.02 Å². The van der Waals surface area contributed by atoms with Gasteiger partial charge in [-0.05, 0) is 44.0 Å². The highest BCUT2D eigenvalue weighted by molar-refractivity contribution is 6.32. The monoisotopic (exact) mass is 290 g/mol. The fourth-order valence-electron chi connectivity index (χ4n) is 1.77. The van der Waals surface area contributed by atoms with Gasteiger partial charge in [0.2, 0.25) is 5.88 Å². The van der Waals surface area contributed by atoms with Gasteiger partial charge < -0.3 is 10.5 Å². The molecule has 2 rings (SSSR count). The van der Waals surface area contributed by atoms with Crippen LogP contribution in [0.5, 0.6) is 11.6 Å². The van der Waals surface area contributed by atoms with Gasteiger partial charge in [-0.2, -0.15) is 5.10 Å². The summed E-state index contributed by atoms with van der Waals surface area (Å²) in [6, 6.07) is 5.42. The Bertz CT molecular complexity index is 685. The van der Waals surface area contributed by atoms with Crippen molar-refractivity contribution in [1.29, 1.82) is 5.41 Å². The van der Waals surface area contributed by atoms with Gasteiger partial charge in [0.25, 0.3) is 0 Å². The fraction of sp³-hybridized carbons (Fsp3) is 0.214. The highest BCUT2D eigenvalue weighted by Gasteiger charge is 2.16. The van der Waals surface area contributed by atoms with Gasteiger partial charge in [-0.25, -0.2) is 0 Å². The Labute approximate surface area is 122 Å². The molecule has 0 fully saturated rings. The van der Waals surface area contributed by atoms with Crippen LogP contribution in [0.3, 0.4) is 0 Å². The van der Waals surface area contributed by atoms with Crippen LogP contribution < -0.4 is 10.5 Å². The van der Waals surface area contributed by atoms with Crippen molar-refractivity contribution in [3.8, 4) is 11.6 Å². The average molecular weight is 291 g/mol. The Balaban J connectivity index is 2.51. The number of nitrogen functional groups attached to an aromatic ring is 1. The zero-order valence-electron chi connectivity index (χ0n) is 11.5. The molecular weight excluding hydrogens is 276 g/mol. The molecule has 104 valence electrons. The zero-order chi connectivity index (χ0) is 14.9. The van der Waals surface area contributed by atoms with Crippen LogP contribution >= 0.6 is 11.6 Å². The van der Waals surface area contributed by atoms with Crippen LogP contribution in [-0.4, -0.2) is 16.0 Å². The van der Waals surface area contributed by atoms with Crippen LogP contribution in [0.25, 0.3) is 0 Å².